The first-order chi connectivity index (χ1) is 13.1. The Labute approximate surface area is 166 Å². The van der Waals surface area contributed by atoms with Crippen molar-refractivity contribution in [2.75, 3.05) is 18.0 Å². The maximum Gasteiger partial charge on any atom is 0.190 e. The third-order valence-corrected chi connectivity index (χ3v) is 6.27. The first kappa shape index (κ1) is 18.8. The van der Waals surface area contributed by atoms with Crippen molar-refractivity contribution < 1.29 is 4.74 Å². The zero-order valence-electron chi connectivity index (χ0n) is 16.6. The Morgan fingerprint density at radius 1 is 1.04 bits per heavy atom. The number of hydrogen-bond donors (Lipinski definition) is 0. The van der Waals surface area contributed by atoms with Crippen LogP contribution in [0.15, 0.2) is 29.4 Å². The van der Waals surface area contributed by atoms with Crippen LogP contribution in [0.2, 0.25) is 0 Å². The molecule has 27 heavy (non-hydrogen) atoms. The first-order valence-electron chi connectivity index (χ1n) is 10.1. The van der Waals surface area contributed by atoms with Crippen LogP contribution >= 0.6 is 11.8 Å². The van der Waals surface area contributed by atoms with Crippen LogP contribution in [-0.2, 0) is 23.3 Å². The second kappa shape index (κ2) is 8.19. The molecule has 0 radical (unpaired) electrons. The fourth-order valence-corrected chi connectivity index (χ4v) is 4.88. The summed E-state index contributed by atoms with van der Waals surface area (Å²) in [5.41, 5.74) is 5.26. The highest BCUT2D eigenvalue weighted by Crippen LogP contribution is 2.32. The Balaban J connectivity index is 1.59. The Bertz CT molecular complexity index is 783. The predicted molar refractivity (Wildman–Crippen MR) is 112 cm³/mol. The highest BCUT2D eigenvalue weighted by atomic mass is 32.2. The van der Waals surface area contributed by atoms with Crippen LogP contribution in [0.1, 0.15) is 49.1 Å². The monoisotopic (exact) mass is 383 g/mol. The van der Waals surface area contributed by atoms with Gasteiger partial charge in [0.15, 0.2) is 5.16 Å². The summed E-state index contributed by atoms with van der Waals surface area (Å²) in [4.78, 5) is 12.4. The van der Waals surface area contributed by atoms with Crippen LogP contribution in [0.25, 0.3) is 0 Å². The lowest BCUT2D eigenvalue weighted by molar-refractivity contribution is -0.00556. The molecule has 1 saturated heterocycles. The lowest BCUT2D eigenvalue weighted by Crippen LogP contribution is -2.46. The summed E-state index contributed by atoms with van der Waals surface area (Å²) in [6.45, 7) is 8.26. The first-order valence-corrected chi connectivity index (χ1v) is 11.1. The van der Waals surface area contributed by atoms with Gasteiger partial charge in [-0.2, -0.15) is 0 Å². The molecule has 2 heterocycles. The third-order valence-electron chi connectivity index (χ3n) is 5.35. The summed E-state index contributed by atoms with van der Waals surface area (Å²) in [6, 6.07) is 8.75. The molecule has 5 heteroatoms. The van der Waals surface area contributed by atoms with Gasteiger partial charge in [-0.15, -0.1) is 0 Å². The van der Waals surface area contributed by atoms with Gasteiger partial charge in [-0.25, -0.2) is 9.97 Å². The van der Waals surface area contributed by atoms with E-state index in [0.717, 1.165) is 42.7 Å². The van der Waals surface area contributed by atoms with Crippen LogP contribution in [0.3, 0.4) is 0 Å². The van der Waals surface area contributed by atoms with E-state index in [0.29, 0.717) is 0 Å². The standard InChI is InChI=1S/C22H29N3OS/c1-15-8-10-18(11-9-15)14-27-22-23-20-7-5-4-6-19(20)21(24-22)25-12-16(2)26-17(3)13-25/h8-11,16-17H,4-7,12-14H2,1-3H3/t16-,17-/m0/s1. The van der Waals surface area contributed by atoms with Crippen molar-refractivity contribution in [2.24, 2.45) is 0 Å². The van der Waals surface area contributed by atoms with Gasteiger partial charge in [0.2, 0.25) is 0 Å². The van der Waals surface area contributed by atoms with Gasteiger partial charge >= 0.3 is 0 Å². The van der Waals surface area contributed by atoms with Crippen LogP contribution in [0.5, 0.6) is 0 Å². The van der Waals surface area contributed by atoms with Gasteiger partial charge in [0, 0.05) is 24.4 Å². The van der Waals surface area contributed by atoms with Crippen molar-refractivity contribution in [3.05, 3.63) is 46.6 Å². The summed E-state index contributed by atoms with van der Waals surface area (Å²) in [5.74, 6) is 2.07. The van der Waals surface area contributed by atoms with Gasteiger partial charge in [-0.05, 0) is 52.0 Å². The predicted octanol–water partition coefficient (Wildman–Crippen LogP) is 4.57. The van der Waals surface area contributed by atoms with Crippen LogP contribution in [0, 0.1) is 6.92 Å². The number of nitrogens with zero attached hydrogens (tertiary/aromatic N) is 3. The van der Waals surface area contributed by atoms with Gasteiger partial charge in [0.25, 0.3) is 0 Å². The highest BCUT2D eigenvalue weighted by molar-refractivity contribution is 7.98. The molecular formula is C22H29N3OS. The second-order valence-electron chi connectivity index (χ2n) is 7.90. The molecule has 1 fully saturated rings. The lowest BCUT2D eigenvalue weighted by atomic mass is 9.96. The molecule has 1 aliphatic carbocycles. The second-order valence-corrected chi connectivity index (χ2v) is 8.84. The average Bonchev–Trinajstić information content (AvgIpc) is 2.66. The molecule has 144 valence electrons. The van der Waals surface area contributed by atoms with E-state index in [1.165, 1.54) is 35.2 Å². The van der Waals surface area contributed by atoms with Crippen molar-refractivity contribution >= 4 is 17.6 Å². The molecule has 0 N–H and O–H groups in total. The molecule has 1 aromatic carbocycles. The normalized spacial score (nSPS) is 22.6. The molecule has 2 aliphatic rings. The van der Waals surface area contributed by atoms with Crippen LogP contribution in [-0.4, -0.2) is 35.3 Å². The Morgan fingerprint density at radius 3 is 2.48 bits per heavy atom. The minimum absolute atomic E-state index is 0.242. The van der Waals surface area contributed by atoms with Crippen molar-refractivity contribution in [2.45, 2.75) is 69.6 Å². The summed E-state index contributed by atoms with van der Waals surface area (Å²) in [7, 11) is 0. The SMILES string of the molecule is Cc1ccc(CSc2nc3c(c(N4C[C@H](C)O[C@@H](C)C4)n2)CCCC3)cc1. The molecule has 4 rings (SSSR count). The minimum atomic E-state index is 0.242. The molecule has 0 spiro atoms. The van der Waals surface area contributed by atoms with Gasteiger partial charge in [0.1, 0.15) is 5.82 Å². The number of aromatic nitrogens is 2. The number of benzene rings is 1. The summed E-state index contributed by atoms with van der Waals surface area (Å²) < 4.78 is 5.94. The number of aryl methyl sites for hydroxylation is 2. The summed E-state index contributed by atoms with van der Waals surface area (Å²) in [5, 5.41) is 0.915. The van der Waals surface area contributed by atoms with Gasteiger partial charge in [-0.1, -0.05) is 41.6 Å². The number of thioether (sulfide) groups is 1. The largest absolute Gasteiger partial charge is 0.372 e. The van der Waals surface area contributed by atoms with E-state index in [1.807, 2.05) is 0 Å². The molecule has 2 atom stereocenters. The highest BCUT2D eigenvalue weighted by Gasteiger charge is 2.28. The maximum atomic E-state index is 5.94. The van der Waals surface area contributed by atoms with E-state index in [2.05, 4.69) is 49.9 Å². The molecule has 0 bridgehead atoms. The average molecular weight is 384 g/mol. The maximum absolute atomic E-state index is 5.94. The zero-order chi connectivity index (χ0) is 18.8. The molecular weight excluding hydrogens is 354 g/mol. The Morgan fingerprint density at radius 2 is 1.74 bits per heavy atom. The van der Waals surface area contributed by atoms with E-state index in [4.69, 9.17) is 14.7 Å². The minimum Gasteiger partial charge on any atom is -0.372 e. The zero-order valence-corrected chi connectivity index (χ0v) is 17.4. The van der Waals surface area contributed by atoms with Gasteiger partial charge < -0.3 is 9.64 Å². The van der Waals surface area contributed by atoms with E-state index in [1.54, 1.807) is 11.8 Å². The molecule has 0 unspecified atom stereocenters. The molecule has 0 saturated carbocycles. The van der Waals surface area contributed by atoms with E-state index in [9.17, 15) is 0 Å². The van der Waals surface area contributed by atoms with Gasteiger partial charge in [-0.3, -0.25) is 0 Å². The number of rotatable bonds is 4. The summed E-state index contributed by atoms with van der Waals surface area (Å²) in [6.07, 6.45) is 5.15. The van der Waals surface area contributed by atoms with Crippen molar-refractivity contribution in [3.63, 3.8) is 0 Å². The van der Waals surface area contributed by atoms with Crippen LogP contribution < -0.4 is 4.90 Å². The third kappa shape index (κ3) is 4.46. The number of ether oxygens (including phenoxy) is 1. The number of anilines is 1. The summed E-state index contributed by atoms with van der Waals surface area (Å²) >= 11 is 1.75. The Hall–Kier alpha value is -1.59. The smallest absolute Gasteiger partial charge is 0.190 e. The van der Waals surface area contributed by atoms with Crippen molar-refractivity contribution in [1.29, 1.82) is 0 Å². The van der Waals surface area contributed by atoms with Gasteiger partial charge in [0.05, 0.1) is 17.9 Å². The van der Waals surface area contributed by atoms with Crippen molar-refractivity contribution in [1.82, 2.24) is 9.97 Å². The fourth-order valence-electron chi connectivity index (χ4n) is 4.06. The van der Waals surface area contributed by atoms with E-state index >= 15 is 0 Å². The number of fused-ring (bicyclic) bond motifs is 1. The topological polar surface area (TPSA) is 38.2 Å². The molecule has 1 aromatic heterocycles. The molecule has 4 nitrogen and oxygen atoms in total. The Kier molecular flexibility index (Phi) is 5.69. The molecule has 2 aromatic rings. The lowest BCUT2D eigenvalue weighted by Gasteiger charge is -2.37. The molecule has 0 amide bonds. The van der Waals surface area contributed by atoms with E-state index < -0.39 is 0 Å². The fraction of sp³-hybridized carbons (Fsp3) is 0.545. The number of hydrogen-bond acceptors (Lipinski definition) is 5. The quantitative estimate of drug-likeness (QED) is 0.571. The van der Waals surface area contributed by atoms with Crippen LogP contribution in [0.4, 0.5) is 5.82 Å². The number of morpholine rings is 1. The van der Waals surface area contributed by atoms with E-state index in [-0.39, 0.29) is 12.2 Å². The van der Waals surface area contributed by atoms with Crippen molar-refractivity contribution in [3.8, 4) is 0 Å². The molecule has 1 aliphatic heterocycles.